The average molecular weight is 374 g/mol. The van der Waals surface area contributed by atoms with Gasteiger partial charge in [-0.15, -0.1) is 0 Å². The third kappa shape index (κ3) is 3.52. The Morgan fingerprint density at radius 2 is 2.14 bits per heavy atom. The molecule has 0 aliphatic carbocycles. The molecule has 112 valence electrons. The van der Waals surface area contributed by atoms with E-state index in [2.05, 4.69) is 20.7 Å². The molecule has 0 bridgehead atoms. The quantitative estimate of drug-likeness (QED) is 0.839. The summed E-state index contributed by atoms with van der Waals surface area (Å²) in [5.74, 6) is -1.18. The SMILES string of the molecule is Cc1cc(C(=O)O)cc(S(=O)(=O)NCc2ccoc2)c1Br. The number of sulfonamides is 1. The Balaban J connectivity index is 2.37. The maximum Gasteiger partial charge on any atom is 0.335 e. The van der Waals surface area contributed by atoms with E-state index in [1.165, 1.54) is 18.6 Å². The van der Waals surface area contributed by atoms with Crippen LogP contribution in [0, 0.1) is 6.92 Å². The van der Waals surface area contributed by atoms with Gasteiger partial charge in [-0.1, -0.05) is 0 Å². The Hall–Kier alpha value is -1.64. The van der Waals surface area contributed by atoms with Crippen LogP contribution in [-0.4, -0.2) is 19.5 Å². The zero-order valence-electron chi connectivity index (χ0n) is 11.0. The van der Waals surface area contributed by atoms with Crippen LogP contribution in [0.25, 0.3) is 0 Å². The van der Waals surface area contributed by atoms with Crippen LogP contribution in [0.3, 0.4) is 0 Å². The van der Waals surface area contributed by atoms with E-state index in [-0.39, 0.29) is 17.0 Å². The standard InChI is InChI=1S/C13H12BrNO5S/c1-8-4-10(13(16)17)5-11(12(8)14)21(18,19)15-6-9-2-3-20-7-9/h2-5,7,15H,6H2,1H3,(H,16,17). The van der Waals surface area contributed by atoms with Gasteiger partial charge in [-0.2, -0.15) is 0 Å². The van der Waals surface area contributed by atoms with Crippen LogP contribution in [0.5, 0.6) is 0 Å². The lowest BCUT2D eigenvalue weighted by Crippen LogP contribution is -2.24. The number of aryl methyl sites for hydroxylation is 1. The van der Waals surface area contributed by atoms with Gasteiger partial charge in [-0.25, -0.2) is 17.9 Å². The number of hydrogen-bond acceptors (Lipinski definition) is 4. The summed E-state index contributed by atoms with van der Waals surface area (Å²) in [6, 6.07) is 4.16. The lowest BCUT2D eigenvalue weighted by molar-refractivity contribution is 0.0696. The summed E-state index contributed by atoms with van der Waals surface area (Å²) in [5, 5.41) is 9.03. The van der Waals surface area contributed by atoms with E-state index < -0.39 is 16.0 Å². The smallest absolute Gasteiger partial charge is 0.335 e. The third-order valence-electron chi connectivity index (χ3n) is 2.80. The van der Waals surface area contributed by atoms with Crippen LogP contribution < -0.4 is 4.72 Å². The molecule has 0 radical (unpaired) electrons. The number of aromatic carboxylic acids is 1. The molecular weight excluding hydrogens is 362 g/mol. The molecular formula is C13H12BrNO5S. The highest BCUT2D eigenvalue weighted by atomic mass is 79.9. The fourth-order valence-electron chi connectivity index (χ4n) is 1.71. The first-order valence-corrected chi connectivity index (χ1v) is 8.13. The average Bonchev–Trinajstić information content (AvgIpc) is 2.92. The molecule has 0 saturated heterocycles. The molecule has 1 aromatic heterocycles. The fraction of sp³-hybridized carbons (Fsp3) is 0.154. The van der Waals surface area contributed by atoms with Crippen LogP contribution in [0.4, 0.5) is 0 Å². The van der Waals surface area contributed by atoms with Crippen molar-refractivity contribution >= 4 is 31.9 Å². The molecule has 21 heavy (non-hydrogen) atoms. The number of hydrogen-bond donors (Lipinski definition) is 2. The first-order chi connectivity index (χ1) is 9.81. The topological polar surface area (TPSA) is 96.6 Å². The molecule has 0 amide bonds. The van der Waals surface area contributed by atoms with Gasteiger partial charge in [0.1, 0.15) is 0 Å². The largest absolute Gasteiger partial charge is 0.478 e. The van der Waals surface area contributed by atoms with E-state index in [0.717, 1.165) is 6.07 Å². The second kappa shape index (κ2) is 6.00. The zero-order valence-corrected chi connectivity index (χ0v) is 13.4. The first-order valence-electron chi connectivity index (χ1n) is 5.85. The van der Waals surface area contributed by atoms with Gasteiger partial charge in [-0.3, -0.25) is 0 Å². The van der Waals surface area contributed by atoms with Gasteiger partial charge < -0.3 is 9.52 Å². The van der Waals surface area contributed by atoms with Gasteiger partial charge >= 0.3 is 5.97 Å². The van der Waals surface area contributed by atoms with E-state index in [1.807, 2.05) is 0 Å². The van der Waals surface area contributed by atoms with Crippen LogP contribution in [0.15, 0.2) is 44.5 Å². The summed E-state index contributed by atoms with van der Waals surface area (Å²) in [6.07, 6.45) is 2.87. The fourth-order valence-corrected chi connectivity index (χ4v) is 3.77. The molecule has 0 unspecified atom stereocenters. The second-order valence-corrected chi connectivity index (χ2v) is 6.89. The number of nitrogens with one attached hydrogen (secondary N) is 1. The molecule has 0 aliphatic rings. The molecule has 0 spiro atoms. The van der Waals surface area contributed by atoms with E-state index in [1.54, 1.807) is 13.0 Å². The van der Waals surface area contributed by atoms with Crippen molar-refractivity contribution in [1.82, 2.24) is 4.72 Å². The van der Waals surface area contributed by atoms with E-state index >= 15 is 0 Å². The van der Waals surface area contributed by atoms with Gasteiger partial charge in [-0.05, 0) is 46.6 Å². The minimum atomic E-state index is -3.85. The van der Waals surface area contributed by atoms with Crippen molar-refractivity contribution in [2.24, 2.45) is 0 Å². The molecule has 0 atom stereocenters. The predicted molar refractivity (Wildman–Crippen MR) is 78.6 cm³/mol. The normalized spacial score (nSPS) is 11.5. The number of carboxylic acid groups (broad SMARTS) is 1. The highest BCUT2D eigenvalue weighted by molar-refractivity contribution is 9.10. The Morgan fingerprint density at radius 1 is 1.43 bits per heavy atom. The number of rotatable bonds is 5. The predicted octanol–water partition coefficient (Wildman–Crippen LogP) is 2.53. The lowest BCUT2D eigenvalue weighted by atomic mass is 10.1. The molecule has 8 heteroatoms. The molecule has 1 aromatic carbocycles. The van der Waals surface area contributed by atoms with Crippen LogP contribution in [-0.2, 0) is 16.6 Å². The Kier molecular flexibility index (Phi) is 4.50. The highest BCUT2D eigenvalue weighted by Gasteiger charge is 2.21. The Morgan fingerprint density at radius 3 is 2.71 bits per heavy atom. The number of carboxylic acids is 1. The minimum Gasteiger partial charge on any atom is -0.478 e. The van der Waals surface area contributed by atoms with Crippen molar-refractivity contribution in [2.45, 2.75) is 18.4 Å². The summed E-state index contributed by atoms with van der Waals surface area (Å²) >= 11 is 3.19. The summed E-state index contributed by atoms with van der Waals surface area (Å²) in [4.78, 5) is 10.9. The third-order valence-corrected chi connectivity index (χ3v) is 5.54. The maximum absolute atomic E-state index is 12.3. The summed E-state index contributed by atoms with van der Waals surface area (Å²) in [6.45, 7) is 1.69. The van der Waals surface area contributed by atoms with Gasteiger partial charge in [0.25, 0.3) is 0 Å². The van der Waals surface area contributed by atoms with E-state index in [9.17, 15) is 13.2 Å². The second-order valence-electron chi connectivity index (χ2n) is 4.37. The molecule has 2 aromatic rings. The van der Waals surface area contributed by atoms with Crippen molar-refractivity contribution in [1.29, 1.82) is 0 Å². The molecule has 6 nitrogen and oxygen atoms in total. The van der Waals surface area contributed by atoms with Gasteiger partial charge in [0.15, 0.2) is 0 Å². The van der Waals surface area contributed by atoms with Crippen molar-refractivity contribution in [2.75, 3.05) is 0 Å². The summed E-state index contributed by atoms with van der Waals surface area (Å²) in [7, 11) is -3.85. The van der Waals surface area contributed by atoms with Crippen LogP contribution in [0.1, 0.15) is 21.5 Å². The molecule has 0 saturated carbocycles. The van der Waals surface area contributed by atoms with Gasteiger partial charge in [0.2, 0.25) is 10.0 Å². The van der Waals surface area contributed by atoms with Crippen molar-refractivity contribution in [3.63, 3.8) is 0 Å². The first kappa shape index (κ1) is 15.7. The van der Waals surface area contributed by atoms with Crippen molar-refractivity contribution in [3.8, 4) is 0 Å². The Bertz CT molecular complexity index is 768. The van der Waals surface area contributed by atoms with Crippen LogP contribution in [0.2, 0.25) is 0 Å². The molecule has 2 rings (SSSR count). The molecule has 2 N–H and O–H groups in total. The summed E-state index contributed by atoms with van der Waals surface area (Å²) < 4.78 is 32.2. The highest BCUT2D eigenvalue weighted by Crippen LogP contribution is 2.27. The maximum atomic E-state index is 12.3. The van der Waals surface area contributed by atoms with Crippen LogP contribution >= 0.6 is 15.9 Å². The van der Waals surface area contributed by atoms with E-state index in [4.69, 9.17) is 9.52 Å². The number of halogens is 1. The molecule has 0 aliphatic heterocycles. The Labute approximate surface area is 130 Å². The zero-order chi connectivity index (χ0) is 15.6. The number of benzene rings is 1. The van der Waals surface area contributed by atoms with Crippen molar-refractivity contribution in [3.05, 3.63) is 51.9 Å². The minimum absolute atomic E-state index is 0.0572. The van der Waals surface area contributed by atoms with E-state index in [0.29, 0.717) is 15.6 Å². The summed E-state index contributed by atoms with van der Waals surface area (Å²) in [5.41, 5.74) is 1.11. The lowest BCUT2D eigenvalue weighted by Gasteiger charge is -2.11. The molecule has 1 heterocycles. The van der Waals surface area contributed by atoms with Gasteiger partial charge in [0.05, 0.1) is 23.0 Å². The number of carbonyl (C=O) groups is 1. The van der Waals surface area contributed by atoms with Gasteiger partial charge in [0, 0.05) is 16.6 Å². The van der Waals surface area contributed by atoms with Crippen molar-refractivity contribution < 1.29 is 22.7 Å². The molecule has 0 fully saturated rings. The monoisotopic (exact) mass is 373 g/mol. The number of furan rings is 1.